The fourth-order valence-corrected chi connectivity index (χ4v) is 3.35. The number of hydrogen-bond donors (Lipinski definition) is 1. The quantitative estimate of drug-likeness (QED) is 0.879. The van der Waals surface area contributed by atoms with Crippen molar-refractivity contribution in [1.82, 2.24) is 4.90 Å². The van der Waals surface area contributed by atoms with E-state index >= 15 is 0 Å². The molecule has 0 spiro atoms. The predicted molar refractivity (Wildman–Crippen MR) is 93.1 cm³/mol. The molecule has 1 aliphatic heterocycles. The van der Waals surface area contributed by atoms with Gasteiger partial charge in [-0.05, 0) is 36.5 Å². The summed E-state index contributed by atoms with van der Waals surface area (Å²) >= 11 is 0. The number of amides is 1. The van der Waals surface area contributed by atoms with Gasteiger partial charge in [-0.25, -0.2) is 0 Å². The summed E-state index contributed by atoms with van der Waals surface area (Å²) < 4.78 is 29.5. The highest BCUT2D eigenvalue weighted by molar-refractivity contribution is 5.97. The molecule has 1 aliphatic rings. The van der Waals surface area contributed by atoms with Gasteiger partial charge in [0.05, 0.1) is 11.7 Å². The number of hydrogen-bond acceptors (Lipinski definition) is 3. The van der Waals surface area contributed by atoms with E-state index in [9.17, 15) is 18.7 Å². The number of para-hydroxylation sites is 1. The maximum atomic E-state index is 12.7. The molecular weight excluding hydrogens is 340 g/mol. The van der Waals surface area contributed by atoms with Gasteiger partial charge in [0.15, 0.2) is 0 Å². The monoisotopic (exact) mass is 361 g/mol. The van der Waals surface area contributed by atoms with Crippen LogP contribution in [0.5, 0.6) is 5.75 Å². The molecule has 4 nitrogen and oxygen atoms in total. The molecule has 6 heteroatoms. The number of likely N-dealkylation sites (tertiary alicyclic amines) is 1. The summed E-state index contributed by atoms with van der Waals surface area (Å²) in [6.07, 6.45) is 0.738. The van der Waals surface area contributed by atoms with Crippen LogP contribution in [-0.2, 0) is 0 Å². The van der Waals surface area contributed by atoms with Crippen LogP contribution in [0.4, 0.5) is 8.78 Å². The normalized spacial score (nSPS) is 16.5. The molecule has 138 valence electrons. The number of carbonyl (C=O) groups excluding carboxylic acids is 1. The Balaban J connectivity index is 1.64. The number of halogens is 2. The topological polar surface area (TPSA) is 49.8 Å². The third kappa shape index (κ3) is 4.19. The molecular formula is C20H21F2NO3. The van der Waals surface area contributed by atoms with E-state index in [4.69, 9.17) is 0 Å². The standard InChI is InChI=1S/C20H21F2NO3/c21-20(22)26-17-9-5-4-8-16(17)19(25)23-12-10-15(11-13-23)18(24)14-6-2-1-3-7-14/h1-9,15,18,20,24H,10-13H2. The largest absolute Gasteiger partial charge is 0.434 e. The zero-order valence-corrected chi connectivity index (χ0v) is 14.2. The molecule has 1 amide bonds. The van der Waals surface area contributed by atoms with E-state index in [1.807, 2.05) is 30.3 Å². The van der Waals surface area contributed by atoms with E-state index in [0.717, 1.165) is 5.56 Å². The van der Waals surface area contributed by atoms with Gasteiger partial charge in [-0.15, -0.1) is 0 Å². The van der Waals surface area contributed by atoms with Crippen LogP contribution in [0.15, 0.2) is 54.6 Å². The number of ether oxygens (including phenoxy) is 1. The molecule has 0 saturated carbocycles. The zero-order chi connectivity index (χ0) is 18.5. The molecule has 0 aromatic heterocycles. The SMILES string of the molecule is O=C(c1ccccc1OC(F)F)N1CCC(C(O)c2ccccc2)CC1. The summed E-state index contributed by atoms with van der Waals surface area (Å²) in [5.41, 5.74) is 1.00. The average molecular weight is 361 g/mol. The Labute approximate surface area is 151 Å². The van der Waals surface area contributed by atoms with Crippen LogP contribution < -0.4 is 4.74 Å². The van der Waals surface area contributed by atoms with Gasteiger partial charge >= 0.3 is 6.61 Å². The fourth-order valence-electron chi connectivity index (χ4n) is 3.35. The van der Waals surface area contributed by atoms with Gasteiger partial charge in [-0.3, -0.25) is 4.79 Å². The van der Waals surface area contributed by atoms with E-state index in [-0.39, 0.29) is 23.1 Å². The lowest BCUT2D eigenvalue weighted by Gasteiger charge is -2.34. The summed E-state index contributed by atoms with van der Waals surface area (Å²) in [6.45, 7) is -2.04. The average Bonchev–Trinajstić information content (AvgIpc) is 2.68. The number of rotatable bonds is 5. The second-order valence-electron chi connectivity index (χ2n) is 6.36. The minimum atomic E-state index is -2.98. The highest BCUT2D eigenvalue weighted by atomic mass is 19.3. The van der Waals surface area contributed by atoms with Crippen LogP contribution in [0.2, 0.25) is 0 Å². The second kappa shape index (κ2) is 8.27. The highest BCUT2D eigenvalue weighted by Crippen LogP contribution is 2.32. The summed E-state index contributed by atoms with van der Waals surface area (Å²) in [5.74, 6) is -0.373. The number of alkyl halides is 2. The molecule has 2 aromatic carbocycles. The van der Waals surface area contributed by atoms with E-state index in [1.165, 1.54) is 12.1 Å². The molecule has 1 unspecified atom stereocenters. The molecule has 3 rings (SSSR count). The van der Waals surface area contributed by atoms with Crippen molar-refractivity contribution in [2.24, 2.45) is 5.92 Å². The van der Waals surface area contributed by atoms with Gasteiger partial charge in [-0.1, -0.05) is 42.5 Å². The summed E-state index contributed by atoms with van der Waals surface area (Å²) in [5, 5.41) is 10.5. The summed E-state index contributed by atoms with van der Waals surface area (Å²) in [6, 6.07) is 15.5. The minimum absolute atomic E-state index is 0.0639. The zero-order valence-electron chi connectivity index (χ0n) is 14.2. The predicted octanol–water partition coefficient (Wildman–Crippen LogP) is 3.87. The van der Waals surface area contributed by atoms with Gasteiger partial charge in [0.2, 0.25) is 0 Å². The van der Waals surface area contributed by atoms with Crippen LogP contribution in [0.1, 0.15) is 34.9 Å². The van der Waals surface area contributed by atoms with Crippen LogP contribution in [-0.4, -0.2) is 35.6 Å². The van der Waals surface area contributed by atoms with E-state index in [0.29, 0.717) is 25.9 Å². The molecule has 1 fully saturated rings. The fraction of sp³-hybridized carbons (Fsp3) is 0.350. The number of benzene rings is 2. The van der Waals surface area contributed by atoms with Gasteiger partial charge in [-0.2, -0.15) is 8.78 Å². The Bertz CT molecular complexity index is 731. The van der Waals surface area contributed by atoms with Gasteiger partial charge in [0.25, 0.3) is 5.91 Å². The third-order valence-electron chi connectivity index (χ3n) is 4.75. The van der Waals surface area contributed by atoms with Crippen LogP contribution in [0.25, 0.3) is 0 Å². The molecule has 1 heterocycles. The maximum absolute atomic E-state index is 12.7. The minimum Gasteiger partial charge on any atom is -0.434 e. The Kier molecular flexibility index (Phi) is 5.83. The van der Waals surface area contributed by atoms with E-state index < -0.39 is 12.7 Å². The van der Waals surface area contributed by atoms with Crippen molar-refractivity contribution in [1.29, 1.82) is 0 Å². The van der Waals surface area contributed by atoms with Gasteiger partial charge < -0.3 is 14.7 Å². The van der Waals surface area contributed by atoms with Gasteiger partial charge in [0, 0.05) is 13.1 Å². The lowest BCUT2D eigenvalue weighted by molar-refractivity contribution is -0.0503. The van der Waals surface area contributed by atoms with Crippen molar-refractivity contribution in [3.8, 4) is 5.75 Å². The van der Waals surface area contributed by atoms with Crippen molar-refractivity contribution in [3.63, 3.8) is 0 Å². The van der Waals surface area contributed by atoms with E-state index in [1.54, 1.807) is 17.0 Å². The Morgan fingerprint density at radius 3 is 2.31 bits per heavy atom. The number of nitrogens with zero attached hydrogens (tertiary/aromatic N) is 1. The van der Waals surface area contributed by atoms with Crippen molar-refractivity contribution in [2.75, 3.05) is 13.1 Å². The smallest absolute Gasteiger partial charge is 0.387 e. The first-order valence-electron chi connectivity index (χ1n) is 8.62. The maximum Gasteiger partial charge on any atom is 0.387 e. The first-order chi connectivity index (χ1) is 12.6. The first kappa shape index (κ1) is 18.3. The van der Waals surface area contributed by atoms with Gasteiger partial charge in [0.1, 0.15) is 5.75 Å². The molecule has 0 bridgehead atoms. The Morgan fingerprint density at radius 1 is 1.04 bits per heavy atom. The Hall–Kier alpha value is -2.47. The highest BCUT2D eigenvalue weighted by Gasteiger charge is 2.29. The van der Waals surface area contributed by atoms with Crippen molar-refractivity contribution in [2.45, 2.75) is 25.6 Å². The summed E-state index contributed by atoms with van der Waals surface area (Å²) in [7, 11) is 0. The number of aliphatic hydroxyl groups is 1. The van der Waals surface area contributed by atoms with E-state index in [2.05, 4.69) is 4.74 Å². The lowest BCUT2D eigenvalue weighted by Crippen LogP contribution is -2.40. The third-order valence-corrected chi connectivity index (χ3v) is 4.75. The number of piperidine rings is 1. The van der Waals surface area contributed by atoms with Crippen molar-refractivity contribution < 1.29 is 23.4 Å². The van der Waals surface area contributed by atoms with Crippen LogP contribution >= 0.6 is 0 Å². The van der Waals surface area contributed by atoms with Crippen molar-refractivity contribution >= 4 is 5.91 Å². The van der Waals surface area contributed by atoms with Crippen LogP contribution in [0.3, 0.4) is 0 Å². The van der Waals surface area contributed by atoms with Crippen LogP contribution in [0, 0.1) is 5.92 Å². The molecule has 1 N–H and O–H groups in total. The molecule has 26 heavy (non-hydrogen) atoms. The molecule has 0 aliphatic carbocycles. The molecule has 2 aromatic rings. The lowest BCUT2D eigenvalue weighted by atomic mass is 9.87. The molecule has 1 saturated heterocycles. The number of aliphatic hydroxyl groups excluding tert-OH is 1. The number of carbonyl (C=O) groups is 1. The Morgan fingerprint density at radius 2 is 1.65 bits per heavy atom. The second-order valence-corrected chi connectivity index (χ2v) is 6.36. The van der Waals surface area contributed by atoms with Crippen molar-refractivity contribution in [3.05, 3.63) is 65.7 Å². The molecule has 1 atom stereocenters. The summed E-state index contributed by atoms with van der Waals surface area (Å²) in [4.78, 5) is 14.3. The first-order valence-corrected chi connectivity index (χ1v) is 8.62. The molecule has 0 radical (unpaired) electrons.